The number of benzene rings is 1. The van der Waals surface area contributed by atoms with E-state index in [9.17, 15) is 13.2 Å². The number of carbonyl (C=O) groups excluding carboxylic acids is 1. The van der Waals surface area contributed by atoms with Crippen LogP contribution < -0.4 is 5.32 Å². The van der Waals surface area contributed by atoms with Crippen LogP contribution in [0.2, 0.25) is 0 Å². The van der Waals surface area contributed by atoms with E-state index in [0.29, 0.717) is 5.56 Å². The van der Waals surface area contributed by atoms with E-state index in [0.717, 1.165) is 10.7 Å². The van der Waals surface area contributed by atoms with Crippen molar-refractivity contribution in [3.8, 4) is 0 Å². The van der Waals surface area contributed by atoms with Gasteiger partial charge in [0.1, 0.15) is 0 Å². The third-order valence-corrected chi connectivity index (χ3v) is 3.64. The zero-order valence-corrected chi connectivity index (χ0v) is 11.4. The van der Waals surface area contributed by atoms with Gasteiger partial charge in [0.15, 0.2) is 9.84 Å². The monoisotopic (exact) mass is 305 g/mol. The van der Waals surface area contributed by atoms with Gasteiger partial charge in [-0.25, -0.2) is 8.42 Å². The molecule has 0 aliphatic carbocycles. The van der Waals surface area contributed by atoms with E-state index in [-0.39, 0.29) is 17.3 Å². The van der Waals surface area contributed by atoms with Crippen LogP contribution >= 0.6 is 15.9 Å². The molecule has 0 aliphatic heterocycles. The quantitative estimate of drug-likeness (QED) is 0.920. The number of carbonyl (C=O) groups is 1. The summed E-state index contributed by atoms with van der Waals surface area (Å²) in [4.78, 5) is 11.0. The minimum atomic E-state index is -3.27. The number of amides is 1. The summed E-state index contributed by atoms with van der Waals surface area (Å²) < 4.78 is 23.7. The molecule has 1 rings (SSSR count). The molecule has 0 fully saturated rings. The van der Waals surface area contributed by atoms with Gasteiger partial charge in [0.2, 0.25) is 5.91 Å². The van der Waals surface area contributed by atoms with E-state index in [1.54, 1.807) is 12.1 Å². The van der Waals surface area contributed by atoms with Crippen LogP contribution in [-0.2, 0) is 21.2 Å². The van der Waals surface area contributed by atoms with E-state index in [1.807, 2.05) is 0 Å². The Bertz CT molecular complexity index is 511. The molecular weight excluding hydrogens is 294 g/mol. The maximum absolute atomic E-state index is 11.5. The van der Waals surface area contributed by atoms with Gasteiger partial charge in [-0.2, -0.15) is 0 Å². The highest BCUT2D eigenvalue weighted by Gasteiger charge is 2.13. The van der Waals surface area contributed by atoms with Crippen molar-refractivity contribution in [3.05, 3.63) is 28.2 Å². The molecule has 0 spiro atoms. The molecule has 1 aromatic rings. The molecule has 16 heavy (non-hydrogen) atoms. The Morgan fingerprint density at radius 3 is 2.56 bits per heavy atom. The topological polar surface area (TPSA) is 63.2 Å². The fourth-order valence-electron chi connectivity index (χ4n) is 1.27. The van der Waals surface area contributed by atoms with Crippen molar-refractivity contribution in [3.63, 3.8) is 0 Å². The van der Waals surface area contributed by atoms with Crippen LogP contribution in [0, 0.1) is 0 Å². The molecule has 0 saturated carbocycles. The van der Waals surface area contributed by atoms with Crippen molar-refractivity contribution >= 4 is 31.7 Å². The summed E-state index contributed by atoms with van der Waals surface area (Å²) in [5.74, 6) is -0.195. The fourth-order valence-corrected chi connectivity index (χ4v) is 2.60. The van der Waals surface area contributed by atoms with Crippen molar-refractivity contribution in [2.75, 3.05) is 6.26 Å². The van der Waals surface area contributed by atoms with E-state index in [2.05, 4.69) is 21.2 Å². The van der Waals surface area contributed by atoms with E-state index >= 15 is 0 Å². The molecule has 4 nitrogen and oxygen atoms in total. The van der Waals surface area contributed by atoms with Gasteiger partial charge in [0, 0.05) is 24.2 Å². The molecule has 0 aliphatic rings. The van der Waals surface area contributed by atoms with Crippen molar-refractivity contribution in [2.45, 2.75) is 18.4 Å². The first-order chi connectivity index (χ1) is 7.30. The third kappa shape index (κ3) is 3.61. The molecule has 0 saturated heterocycles. The lowest BCUT2D eigenvalue weighted by atomic mass is 10.2. The molecule has 0 radical (unpaired) electrons. The van der Waals surface area contributed by atoms with Crippen LogP contribution in [0.5, 0.6) is 0 Å². The molecule has 6 heteroatoms. The average molecular weight is 306 g/mol. The Balaban J connectivity index is 3.14. The molecule has 0 bridgehead atoms. The number of sulfone groups is 1. The number of halogens is 1. The van der Waals surface area contributed by atoms with Crippen LogP contribution in [0.1, 0.15) is 12.5 Å². The lowest BCUT2D eigenvalue weighted by Crippen LogP contribution is -2.20. The number of hydrogen-bond donors (Lipinski definition) is 1. The summed E-state index contributed by atoms with van der Waals surface area (Å²) in [6.07, 6.45) is 1.15. The molecule has 88 valence electrons. The Morgan fingerprint density at radius 2 is 2.06 bits per heavy atom. The Hall–Kier alpha value is -0.880. The highest BCUT2D eigenvalue weighted by Crippen LogP contribution is 2.20. The minimum absolute atomic E-state index is 0.195. The second-order valence-electron chi connectivity index (χ2n) is 3.43. The van der Waals surface area contributed by atoms with Crippen molar-refractivity contribution in [1.29, 1.82) is 0 Å². The molecule has 0 unspecified atom stereocenters. The predicted molar refractivity (Wildman–Crippen MR) is 64.8 cm³/mol. The number of nitrogens with one attached hydrogen (secondary N) is 1. The van der Waals surface area contributed by atoms with Crippen LogP contribution in [0.25, 0.3) is 0 Å². The van der Waals surface area contributed by atoms with Crippen LogP contribution in [0.15, 0.2) is 27.6 Å². The summed E-state index contributed by atoms with van der Waals surface area (Å²) in [6, 6.07) is 4.87. The maximum Gasteiger partial charge on any atom is 0.217 e. The van der Waals surface area contributed by atoms with E-state index < -0.39 is 9.84 Å². The third-order valence-electron chi connectivity index (χ3n) is 1.95. The van der Waals surface area contributed by atoms with Crippen LogP contribution in [-0.4, -0.2) is 20.6 Å². The van der Waals surface area contributed by atoms with Gasteiger partial charge in [-0.15, -0.1) is 0 Å². The normalized spacial score (nSPS) is 11.2. The van der Waals surface area contributed by atoms with Crippen molar-refractivity contribution in [1.82, 2.24) is 5.32 Å². The summed E-state index contributed by atoms with van der Waals surface area (Å²) >= 11 is 3.26. The number of hydrogen-bond acceptors (Lipinski definition) is 3. The van der Waals surface area contributed by atoms with Gasteiger partial charge in [-0.05, 0) is 23.8 Å². The van der Waals surface area contributed by atoms with E-state index in [4.69, 9.17) is 0 Å². The molecule has 1 amide bonds. The lowest BCUT2D eigenvalue weighted by molar-refractivity contribution is -0.119. The largest absolute Gasteiger partial charge is 0.352 e. The second kappa shape index (κ2) is 4.97. The van der Waals surface area contributed by atoms with Crippen LogP contribution in [0.3, 0.4) is 0 Å². The number of rotatable bonds is 3. The SMILES string of the molecule is CC(=O)NCc1cc(Br)ccc1S(C)(=O)=O. The van der Waals surface area contributed by atoms with Gasteiger partial charge >= 0.3 is 0 Å². The fraction of sp³-hybridized carbons (Fsp3) is 0.300. The van der Waals surface area contributed by atoms with Gasteiger partial charge in [0.25, 0.3) is 0 Å². The molecule has 1 N–H and O–H groups in total. The Kier molecular flexibility index (Phi) is 4.09. The summed E-state index contributed by atoms with van der Waals surface area (Å²) in [6.45, 7) is 1.59. The lowest BCUT2D eigenvalue weighted by Gasteiger charge is -2.08. The first-order valence-electron chi connectivity index (χ1n) is 4.53. The first-order valence-corrected chi connectivity index (χ1v) is 7.22. The maximum atomic E-state index is 11.5. The van der Waals surface area contributed by atoms with Gasteiger partial charge in [0.05, 0.1) is 4.90 Å². The molecular formula is C10H12BrNO3S. The standard InChI is InChI=1S/C10H12BrNO3S/c1-7(13)12-6-8-5-9(11)3-4-10(8)16(2,14)15/h3-5H,6H2,1-2H3,(H,12,13). The molecule has 1 aromatic carbocycles. The molecule has 0 atom stereocenters. The summed E-state index contributed by atoms with van der Waals surface area (Å²) in [7, 11) is -3.27. The first kappa shape index (κ1) is 13.2. The van der Waals surface area contributed by atoms with Crippen molar-refractivity contribution < 1.29 is 13.2 Å². The minimum Gasteiger partial charge on any atom is -0.352 e. The summed E-state index contributed by atoms with van der Waals surface area (Å²) in [5.41, 5.74) is 0.576. The average Bonchev–Trinajstić information content (AvgIpc) is 2.12. The Morgan fingerprint density at radius 1 is 1.44 bits per heavy atom. The highest BCUT2D eigenvalue weighted by molar-refractivity contribution is 9.10. The van der Waals surface area contributed by atoms with E-state index in [1.165, 1.54) is 13.0 Å². The van der Waals surface area contributed by atoms with Gasteiger partial charge < -0.3 is 5.32 Å². The zero-order chi connectivity index (χ0) is 12.3. The Labute approximate surface area is 103 Å². The van der Waals surface area contributed by atoms with Crippen LogP contribution in [0.4, 0.5) is 0 Å². The highest BCUT2D eigenvalue weighted by atomic mass is 79.9. The predicted octanol–water partition coefficient (Wildman–Crippen LogP) is 1.49. The van der Waals surface area contributed by atoms with Crippen molar-refractivity contribution in [2.24, 2.45) is 0 Å². The molecule has 0 heterocycles. The second-order valence-corrected chi connectivity index (χ2v) is 6.33. The molecule has 0 aromatic heterocycles. The van der Waals surface area contributed by atoms with Gasteiger partial charge in [-0.3, -0.25) is 4.79 Å². The summed E-state index contributed by atoms with van der Waals surface area (Å²) in [5, 5.41) is 2.58. The van der Waals surface area contributed by atoms with Gasteiger partial charge in [-0.1, -0.05) is 15.9 Å². The smallest absolute Gasteiger partial charge is 0.217 e. The zero-order valence-electron chi connectivity index (χ0n) is 8.95.